The highest BCUT2D eigenvalue weighted by Crippen LogP contribution is 2.22. The van der Waals surface area contributed by atoms with Gasteiger partial charge < -0.3 is 5.11 Å². The fourth-order valence-electron chi connectivity index (χ4n) is 1.82. The third-order valence-electron chi connectivity index (χ3n) is 3.25. The molecule has 7 heteroatoms. The standard InChI is InChI=1S/C15H14FNO4S/c1-9-3-5-12(7-10(9)2)22(20,21)17-14-8-11(15(18)19)4-6-13(14)16/h3-8,17H,1-2H3,(H,18,19). The maximum atomic E-state index is 13.7. The molecule has 0 radical (unpaired) electrons. The van der Waals surface area contributed by atoms with Crippen molar-refractivity contribution >= 4 is 21.7 Å². The molecule has 5 nitrogen and oxygen atoms in total. The summed E-state index contributed by atoms with van der Waals surface area (Å²) in [5, 5.41) is 8.88. The molecule has 0 bridgehead atoms. The lowest BCUT2D eigenvalue weighted by Crippen LogP contribution is -2.15. The van der Waals surface area contributed by atoms with Crippen molar-refractivity contribution in [1.82, 2.24) is 0 Å². The van der Waals surface area contributed by atoms with Crippen molar-refractivity contribution in [2.45, 2.75) is 18.7 Å². The van der Waals surface area contributed by atoms with Gasteiger partial charge in [0.1, 0.15) is 5.82 Å². The molecular weight excluding hydrogens is 309 g/mol. The minimum atomic E-state index is -4.00. The van der Waals surface area contributed by atoms with E-state index in [1.54, 1.807) is 13.0 Å². The van der Waals surface area contributed by atoms with E-state index in [0.29, 0.717) is 0 Å². The molecular formula is C15H14FNO4S. The number of carbonyl (C=O) groups is 1. The van der Waals surface area contributed by atoms with E-state index in [2.05, 4.69) is 4.72 Å². The lowest BCUT2D eigenvalue weighted by atomic mass is 10.1. The molecule has 0 amide bonds. The predicted octanol–water partition coefficient (Wildman–Crippen LogP) is 2.94. The van der Waals surface area contributed by atoms with Gasteiger partial charge in [0.15, 0.2) is 0 Å². The monoisotopic (exact) mass is 323 g/mol. The third kappa shape index (κ3) is 3.25. The van der Waals surface area contributed by atoms with Gasteiger partial charge in [-0.05, 0) is 55.3 Å². The number of aromatic carboxylic acids is 1. The molecule has 2 rings (SSSR count). The van der Waals surface area contributed by atoms with Crippen LogP contribution >= 0.6 is 0 Å². The molecule has 0 saturated heterocycles. The normalized spacial score (nSPS) is 11.2. The minimum absolute atomic E-state index is 0.0178. The summed E-state index contributed by atoms with van der Waals surface area (Å²) in [6.45, 7) is 3.61. The second kappa shape index (κ2) is 5.76. The predicted molar refractivity (Wildman–Crippen MR) is 80.1 cm³/mol. The van der Waals surface area contributed by atoms with Gasteiger partial charge in [-0.25, -0.2) is 17.6 Å². The van der Waals surface area contributed by atoms with Crippen LogP contribution in [0.2, 0.25) is 0 Å². The Labute approximate surface area is 127 Å². The summed E-state index contributed by atoms with van der Waals surface area (Å²) >= 11 is 0. The van der Waals surface area contributed by atoms with E-state index in [-0.39, 0.29) is 10.5 Å². The van der Waals surface area contributed by atoms with E-state index in [1.807, 2.05) is 6.92 Å². The first-order chi connectivity index (χ1) is 10.2. The van der Waals surface area contributed by atoms with Crippen LogP contribution in [-0.2, 0) is 10.0 Å². The second-order valence-corrected chi connectivity index (χ2v) is 6.53. The Morgan fingerprint density at radius 3 is 2.36 bits per heavy atom. The largest absolute Gasteiger partial charge is 0.478 e. The highest BCUT2D eigenvalue weighted by Gasteiger charge is 2.18. The quantitative estimate of drug-likeness (QED) is 0.906. The second-order valence-electron chi connectivity index (χ2n) is 4.85. The lowest BCUT2D eigenvalue weighted by Gasteiger charge is -2.11. The maximum Gasteiger partial charge on any atom is 0.335 e. The summed E-state index contributed by atoms with van der Waals surface area (Å²) < 4.78 is 40.3. The number of anilines is 1. The summed E-state index contributed by atoms with van der Waals surface area (Å²) in [7, 11) is -4.00. The van der Waals surface area contributed by atoms with Gasteiger partial charge in [-0.1, -0.05) is 6.07 Å². The summed E-state index contributed by atoms with van der Waals surface area (Å²) in [5.41, 5.74) is 1.10. The maximum absolute atomic E-state index is 13.7. The number of hydrogen-bond donors (Lipinski definition) is 2. The van der Waals surface area contributed by atoms with E-state index in [0.717, 1.165) is 29.3 Å². The Hall–Kier alpha value is -2.41. The first kappa shape index (κ1) is 16.0. The fraction of sp³-hybridized carbons (Fsp3) is 0.133. The smallest absolute Gasteiger partial charge is 0.335 e. The Morgan fingerprint density at radius 2 is 1.77 bits per heavy atom. The Balaban J connectivity index is 2.42. The number of halogens is 1. The topological polar surface area (TPSA) is 83.5 Å². The molecule has 2 aromatic carbocycles. The fourth-order valence-corrected chi connectivity index (χ4v) is 2.96. The molecule has 2 N–H and O–H groups in total. The number of aryl methyl sites for hydroxylation is 2. The molecule has 0 aliphatic heterocycles. The van der Waals surface area contributed by atoms with Gasteiger partial charge in [0.2, 0.25) is 0 Å². The van der Waals surface area contributed by atoms with Crippen molar-refractivity contribution in [2.24, 2.45) is 0 Å². The van der Waals surface area contributed by atoms with Crippen LogP contribution in [0, 0.1) is 19.7 Å². The van der Waals surface area contributed by atoms with Crippen molar-refractivity contribution in [2.75, 3.05) is 4.72 Å². The Morgan fingerprint density at radius 1 is 1.09 bits per heavy atom. The highest BCUT2D eigenvalue weighted by molar-refractivity contribution is 7.92. The lowest BCUT2D eigenvalue weighted by molar-refractivity contribution is 0.0697. The van der Waals surface area contributed by atoms with Crippen LogP contribution < -0.4 is 4.72 Å². The van der Waals surface area contributed by atoms with Crippen molar-refractivity contribution in [1.29, 1.82) is 0 Å². The summed E-state index contributed by atoms with van der Waals surface area (Å²) in [5.74, 6) is -2.12. The van der Waals surface area contributed by atoms with Gasteiger partial charge in [0.25, 0.3) is 10.0 Å². The Kier molecular flexibility index (Phi) is 4.18. The molecule has 0 unspecified atom stereocenters. The Bertz CT molecular complexity index is 847. The molecule has 0 aliphatic carbocycles. The zero-order valence-corrected chi connectivity index (χ0v) is 12.7. The molecule has 0 saturated carbocycles. The average molecular weight is 323 g/mol. The third-order valence-corrected chi connectivity index (χ3v) is 4.61. The van der Waals surface area contributed by atoms with Crippen molar-refractivity contribution in [3.05, 3.63) is 58.9 Å². The number of hydrogen-bond acceptors (Lipinski definition) is 3. The number of sulfonamides is 1. The molecule has 0 aliphatic rings. The molecule has 0 spiro atoms. The first-order valence-electron chi connectivity index (χ1n) is 6.33. The van der Waals surface area contributed by atoms with Gasteiger partial charge >= 0.3 is 5.97 Å². The van der Waals surface area contributed by atoms with Crippen LogP contribution in [0.1, 0.15) is 21.5 Å². The SMILES string of the molecule is Cc1ccc(S(=O)(=O)Nc2cc(C(=O)O)ccc2F)cc1C. The molecule has 0 atom stereocenters. The average Bonchev–Trinajstić information content (AvgIpc) is 2.43. The number of benzene rings is 2. The van der Waals surface area contributed by atoms with Crippen LogP contribution in [0.4, 0.5) is 10.1 Å². The summed E-state index contributed by atoms with van der Waals surface area (Å²) in [4.78, 5) is 10.9. The van der Waals surface area contributed by atoms with Crippen molar-refractivity contribution in [3.8, 4) is 0 Å². The summed E-state index contributed by atoms with van der Waals surface area (Å²) in [6.07, 6.45) is 0. The van der Waals surface area contributed by atoms with Crippen LogP contribution in [0.3, 0.4) is 0 Å². The molecule has 22 heavy (non-hydrogen) atoms. The number of nitrogens with one attached hydrogen (secondary N) is 1. The first-order valence-corrected chi connectivity index (χ1v) is 7.82. The van der Waals surface area contributed by atoms with E-state index in [1.165, 1.54) is 12.1 Å². The van der Waals surface area contributed by atoms with Gasteiger partial charge in [-0.3, -0.25) is 4.72 Å². The zero-order valence-electron chi connectivity index (χ0n) is 11.9. The van der Waals surface area contributed by atoms with Crippen molar-refractivity contribution in [3.63, 3.8) is 0 Å². The molecule has 0 heterocycles. The molecule has 0 aromatic heterocycles. The van der Waals surface area contributed by atoms with Crippen molar-refractivity contribution < 1.29 is 22.7 Å². The number of rotatable bonds is 4. The van der Waals surface area contributed by atoms with E-state index in [4.69, 9.17) is 5.11 Å². The van der Waals surface area contributed by atoms with E-state index in [9.17, 15) is 17.6 Å². The summed E-state index contributed by atoms with van der Waals surface area (Å²) in [6, 6.07) is 7.43. The molecule has 116 valence electrons. The zero-order chi connectivity index (χ0) is 16.5. The molecule has 0 fully saturated rings. The van der Waals surface area contributed by atoms with Gasteiger partial charge in [0.05, 0.1) is 16.1 Å². The van der Waals surface area contributed by atoms with Crippen LogP contribution in [0.25, 0.3) is 0 Å². The van der Waals surface area contributed by atoms with Gasteiger partial charge in [-0.2, -0.15) is 0 Å². The van der Waals surface area contributed by atoms with Crippen LogP contribution in [0.5, 0.6) is 0 Å². The highest BCUT2D eigenvalue weighted by atomic mass is 32.2. The minimum Gasteiger partial charge on any atom is -0.478 e. The van der Waals surface area contributed by atoms with E-state index < -0.39 is 27.5 Å². The number of carboxylic acid groups (broad SMARTS) is 1. The van der Waals surface area contributed by atoms with E-state index >= 15 is 0 Å². The molecule has 2 aromatic rings. The number of carboxylic acids is 1. The van der Waals surface area contributed by atoms with Gasteiger partial charge in [-0.15, -0.1) is 0 Å². The van der Waals surface area contributed by atoms with Crippen LogP contribution in [-0.4, -0.2) is 19.5 Å². The van der Waals surface area contributed by atoms with Crippen LogP contribution in [0.15, 0.2) is 41.3 Å². The van der Waals surface area contributed by atoms with Gasteiger partial charge in [0, 0.05) is 0 Å².